The molecule has 0 saturated carbocycles. The summed E-state index contributed by atoms with van der Waals surface area (Å²) < 4.78 is 9.88. The Morgan fingerprint density at radius 2 is 1.34 bits per heavy atom. The summed E-state index contributed by atoms with van der Waals surface area (Å²) in [7, 11) is 4.14. The number of anilines is 1. The quantitative estimate of drug-likeness (QED) is 0.182. The number of fused-ring (bicyclic) bond motifs is 10. The smallest absolute Gasteiger partial charge is 0.410 e. The van der Waals surface area contributed by atoms with Crippen LogP contribution in [0.2, 0.25) is 5.15 Å². The van der Waals surface area contributed by atoms with Crippen molar-refractivity contribution in [3.63, 3.8) is 0 Å². The number of pyridine rings is 3. The molecule has 15 heteroatoms. The normalized spacial score (nSPS) is 19.6. The van der Waals surface area contributed by atoms with Gasteiger partial charge in [-0.1, -0.05) is 11.6 Å². The number of nitrogens with zero attached hydrogens (tertiary/aromatic N) is 7. The molecule has 2 spiro atoms. The van der Waals surface area contributed by atoms with E-state index in [1.165, 1.54) is 47.3 Å². The van der Waals surface area contributed by atoms with E-state index in [9.17, 15) is 14.4 Å². The Bertz CT molecular complexity index is 2770. The zero-order chi connectivity index (χ0) is 44.3. The molecule has 0 unspecified atom stereocenters. The van der Waals surface area contributed by atoms with Crippen LogP contribution < -0.4 is 20.9 Å². The Hall–Kier alpha value is -5.73. The van der Waals surface area contributed by atoms with Crippen LogP contribution in [0.3, 0.4) is 0 Å². The third-order valence-corrected chi connectivity index (χ3v) is 14.7. The van der Waals surface area contributed by atoms with E-state index < -0.39 is 11.1 Å². The summed E-state index contributed by atoms with van der Waals surface area (Å²) in [6.07, 6.45) is 14.3. The minimum Gasteiger partial charge on any atom is -0.444 e. The Balaban J connectivity index is 0.000000144. The molecular formula is C49H55ClN10O4. The predicted octanol–water partition coefficient (Wildman–Crippen LogP) is 5.98. The summed E-state index contributed by atoms with van der Waals surface area (Å²) in [5.74, 6) is 1.10. The van der Waals surface area contributed by atoms with Crippen molar-refractivity contribution >= 4 is 35.3 Å². The van der Waals surface area contributed by atoms with Gasteiger partial charge in [0.25, 0.3) is 11.8 Å². The van der Waals surface area contributed by atoms with E-state index in [0.29, 0.717) is 24.7 Å². The van der Waals surface area contributed by atoms with Crippen molar-refractivity contribution in [2.75, 3.05) is 44.2 Å². The van der Waals surface area contributed by atoms with Gasteiger partial charge in [-0.15, -0.1) is 0 Å². The molecule has 12 rings (SSSR count). The molecule has 332 valence electrons. The zero-order valence-electron chi connectivity index (χ0n) is 37.3. The molecule has 5 aromatic rings. The molecule has 5 aromatic heterocycles. The van der Waals surface area contributed by atoms with E-state index in [0.717, 1.165) is 115 Å². The second-order valence-electron chi connectivity index (χ2n) is 20.0. The summed E-state index contributed by atoms with van der Waals surface area (Å²) in [4.78, 5) is 56.5. The lowest BCUT2D eigenvalue weighted by Crippen LogP contribution is -2.74. The van der Waals surface area contributed by atoms with Gasteiger partial charge >= 0.3 is 6.09 Å². The minimum absolute atomic E-state index is 0.0551. The van der Waals surface area contributed by atoms with Gasteiger partial charge in [-0.3, -0.25) is 14.6 Å². The molecule has 3 saturated heterocycles. The van der Waals surface area contributed by atoms with E-state index in [1.54, 1.807) is 4.90 Å². The van der Waals surface area contributed by atoms with Crippen molar-refractivity contribution < 1.29 is 19.1 Å². The predicted molar refractivity (Wildman–Crippen MR) is 245 cm³/mol. The molecule has 14 nitrogen and oxygen atoms in total. The lowest BCUT2D eigenvalue weighted by molar-refractivity contribution is -0.0170. The number of hydrogen-bond donors (Lipinski definition) is 3. The van der Waals surface area contributed by atoms with Crippen LogP contribution in [-0.2, 0) is 57.4 Å². The number of aryl methyl sites for hydroxylation is 2. The molecule has 3 amide bonds. The fraction of sp³-hybridized carbons (Fsp3) is 0.469. The first-order valence-corrected chi connectivity index (χ1v) is 23.2. The molecule has 7 aliphatic rings. The standard InChI is InChI=1S/C27H30N6O.C22H25ClN4O3/c1-32-22-12-27(15-28-16-27)31-26(34)24(22)19-7-5-17-13-29-21(11-20(17)25(19)32)18-6-8-23(30-14-18)33-9-3-2-4-10-33;1-21(2,3)30-20(29)27-10-22(11-27)8-15-17(19(28)25-22)13-6-5-12-9-24-16(23)7-14(12)18(13)26(15)4/h6,8,11,13-14,28H,2-5,7,9-10,12,15-16H2,1H3,(H,31,34);7,9H,5-6,8,10-11H2,1-4H3,(H,25,28). The van der Waals surface area contributed by atoms with Gasteiger partial charge in [-0.2, -0.15) is 0 Å². The number of aromatic nitrogens is 5. The Morgan fingerprint density at radius 1 is 0.750 bits per heavy atom. The molecule has 10 heterocycles. The molecule has 0 atom stereocenters. The molecule has 0 bridgehead atoms. The number of hydrogen-bond acceptors (Lipinski definition) is 9. The van der Waals surface area contributed by atoms with Crippen LogP contribution in [0.4, 0.5) is 10.6 Å². The van der Waals surface area contributed by atoms with Crippen LogP contribution in [0.1, 0.15) is 94.4 Å². The topological polar surface area (TPSA) is 152 Å². The van der Waals surface area contributed by atoms with Gasteiger partial charge in [0, 0.05) is 113 Å². The Morgan fingerprint density at radius 3 is 1.92 bits per heavy atom. The molecule has 3 fully saturated rings. The number of halogens is 1. The molecule has 0 radical (unpaired) electrons. The van der Waals surface area contributed by atoms with E-state index in [1.807, 2.05) is 52.5 Å². The minimum atomic E-state index is -0.538. The summed E-state index contributed by atoms with van der Waals surface area (Å²) >= 11 is 6.17. The van der Waals surface area contributed by atoms with Crippen LogP contribution in [0.5, 0.6) is 0 Å². The van der Waals surface area contributed by atoms with Crippen LogP contribution in [0.15, 0.2) is 42.9 Å². The fourth-order valence-corrected chi connectivity index (χ4v) is 11.5. The van der Waals surface area contributed by atoms with Gasteiger partial charge < -0.3 is 39.6 Å². The number of amides is 3. The first-order valence-electron chi connectivity index (χ1n) is 22.8. The van der Waals surface area contributed by atoms with Gasteiger partial charge in [0.05, 0.1) is 39.3 Å². The third-order valence-electron chi connectivity index (χ3n) is 14.5. The lowest BCUT2D eigenvalue weighted by atomic mass is 9.80. The first kappa shape index (κ1) is 41.0. The monoisotopic (exact) mass is 882 g/mol. The van der Waals surface area contributed by atoms with Crippen molar-refractivity contribution in [1.29, 1.82) is 0 Å². The second-order valence-corrected chi connectivity index (χ2v) is 20.4. The van der Waals surface area contributed by atoms with Gasteiger partial charge in [-0.25, -0.2) is 14.8 Å². The number of likely N-dealkylation sites (tertiary alicyclic amines) is 1. The van der Waals surface area contributed by atoms with Crippen molar-refractivity contribution in [1.82, 2.24) is 44.9 Å². The number of carbonyl (C=O) groups is 3. The molecule has 2 aliphatic carbocycles. The summed E-state index contributed by atoms with van der Waals surface area (Å²) in [5, 5.41) is 10.3. The molecule has 5 aliphatic heterocycles. The number of nitrogens with one attached hydrogen (secondary N) is 3. The maximum absolute atomic E-state index is 13.2. The van der Waals surface area contributed by atoms with Crippen molar-refractivity contribution in [2.45, 2.75) is 95.2 Å². The summed E-state index contributed by atoms with van der Waals surface area (Å²) in [6, 6.07) is 8.37. The van der Waals surface area contributed by atoms with E-state index in [4.69, 9.17) is 26.3 Å². The number of ether oxygens (including phenoxy) is 1. The Kier molecular flexibility index (Phi) is 9.55. The summed E-state index contributed by atoms with van der Waals surface area (Å²) in [6.45, 7) is 10.3. The lowest BCUT2D eigenvalue weighted by Gasteiger charge is -2.51. The zero-order valence-corrected chi connectivity index (χ0v) is 38.0. The Labute approximate surface area is 378 Å². The van der Waals surface area contributed by atoms with Crippen LogP contribution in [-0.4, -0.2) is 103 Å². The van der Waals surface area contributed by atoms with Gasteiger partial charge in [0.15, 0.2) is 0 Å². The molecular weight excluding hydrogens is 828 g/mol. The van der Waals surface area contributed by atoms with Gasteiger partial charge in [-0.05, 0) is 112 Å². The highest BCUT2D eigenvalue weighted by Crippen LogP contribution is 2.44. The third kappa shape index (κ3) is 6.78. The molecule has 64 heavy (non-hydrogen) atoms. The van der Waals surface area contributed by atoms with Crippen LogP contribution in [0, 0.1) is 0 Å². The fourth-order valence-electron chi connectivity index (χ4n) is 11.3. The van der Waals surface area contributed by atoms with E-state index in [2.05, 4.69) is 60.2 Å². The van der Waals surface area contributed by atoms with Crippen molar-refractivity contribution in [3.8, 4) is 33.8 Å². The first-order chi connectivity index (χ1) is 30.7. The highest BCUT2D eigenvalue weighted by Gasteiger charge is 2.52. The van der Waals surface area contributed by atoms with Gasteiger partial charge in [0.2, 0.25) is 0 Å². The molecule has 0 aromatic carbocycles. The number of piperidine rings is 1. The van der Waals surface area contributed by atoms with E-state index >= 15 is 0 Å². The highest BCUT2D eigenvalue weighted by molar-refractivity contribution is 6.29. The van der Waals surface area contributed by atoms with Crippen molar-refractivity contribution in [3.05, 3.63) is 92.8 Å². The highest BCUT2D eigenvalue weighted by atomic mass is 35.5. The van der Waals surface area contributed by atoms with Crippen molar-refractivity contribution in [2.24, 2.45) is 14.1 Å². The largest absolute Gasteiger partial charge is 0.444 e. The number of rotatable bonds is 2. The van der Waals surface area contributed by atoms with Crippen LogP contribution >= 0.6 is 11.6 Å². The average molecular weight is 883 g/mol. The average Bonchev–Trinajstić information content (AvgIpc) is 3.72. The van der Waals surface area contributed by atoms with Gasteiger partial charge in [0.1, 0.15) is 16.6 Å². The maximum Gasteiger partial charge on any atom is 0.410 e. The summed E-state index contributed by atoms with van der Waals surface area (Å²) in [5.41, 5.74) is 14.0. The maximum atomic E-state index is 13.2. The SMILES string of the molecule is Cn1c2c(c3c1-c1cc(-c4ccc(N5CCCCC5)nc4)ncc1CC3)C(=O)NC1(CNC1)C2.Cn1c2c(c3c1-c1cc(Cl)ncc1CC3)C(=O)NC1(C2)CN(C(=O)OC(C)(C)C)C1. The number of carbonyl (C=O) groups excluding carboxylic acids is 3. The second kappa shape index (κ2) is 14.9. The van der Waals surface area contributed by atoms with Crippen LogP contribution in [0.25, 0.3) is 33.8 Å². The molecule has 3 N–H and O–H groups in total. The van der Waals surface area contributed by atoms with E-state index in [-0.39, 0.29) is 23.4 Å².